The molecule has 15 heavy (non-hydrogen) atoms. The van der Waals surface area contributed by atoms with Gasteiger partial charge in [0.2, 0.25) is 0 Å². The normalized spacial score (nSPS) is 19.7. The van der Waals surface area contributed by atoms with Gasteiger partial charge >= 0.3 is 5.97 Å². The van der Waals surface area contributed by atoms with Gasteiger partial charge in [-0.25, -0.2) is 0 Å². The average Bonchev–Trinajstić information content (AvgIpc) is 2.16. The Bertz CT molecular complexity index is 199. The van der Waals surface area contributed by atoms with Crippen molar-refractivity contribution in [3.8, 4) is 0 Å². The molecule has 1 aliphatic heterocycles. The number of hydrogen-bond donors (Lipinski definition) is 1. The van der Waals surface area contributed by atoms with Crippen LogP contribution in [-0.4, -0.2) is 60.1 Å². The van der Waals surface area contributed by atoms with Crippen LogP contribution in [0.3, 0.4) is 0 Å². The van der Waals surface area contributed by atoms with E-state index >= 15 is 0 Å². The van der Waals surface area contributed by atoms with Crippen molar-refractivity contribution in [3.05, 3.63) is 0 Å². The highest BCUT2D eigenvalue weighted by molar-refractivity contribution is 5.69. The van der Waals surface area contributed by atoms with E-state index in [1.54, 1.807) is 0 Å². The molecule has 0 aromatic rings. The predicted molar refractivity (Wildman–Crippen MR) is 60.0 cm³/mol. The molecule has 0 aromatic heterocycles. The van der Waals surface area contributed by atoms with Gasteiger partial charge in [0.25, 0.3) is 0 Å². The summed E-state index contributed by atoms with van der Waals surface area (Å²) < 4.78 is 0. The lowest BCUT2D eigenvalue weighted by Crippen LogP contribution is -2.48. The molecule has 0 spiro atoms. The van der Waals surface area contributed by atoms with E-state index in [9.17, 15) is 4.79 Å². The maximum Gasteiger partial charge on any atom is 0.317 e. The largest absolute Gasteiger partial charge is 0.480 e. The molecule has 0 bridgehead atoms. The molecular weight excluding hydrogens is 192 g/mol. The number of nitrogens with zero attached hydrogens (tertiary/aromatic N) is 2. The van der Waals surface area contributed by atoms with E-state index in [1.165, 1.54) is 6.42 Å². The fraction of sp³-hybridized carbons (Fsp3) is 0.909. The third-order valence-electron chi connectivity index (χ3n) is 2.85. The van der Waals surface area contributed by atoms with Crippen molar-refractivity contribution in [2.45, 2.75) is 20.3 Å². The highest BCUT2D eigenvalue weighted by Crippen LogP contribution is 2.06. The summed E-state index contributed by atoms with van der Waals surface area (Å²) in [4.78, 5) is 14.9. The van der Waals surface area contributed by atoms with Gasteiger partial charge in [-0.2, -0.15) is 0 Å². The molecule has 4 heteroatoms. The summed E-state index contributed by atoms with van der Waals surface area (Å²) in [6, 6.07) is 0. The second-order valence-electron chi connectivity index (χ2n) is 4.69. The smallest absolute Gasteiger partial charge is 0.317 e. The van der Waals surface area contributed by atoms with E-state index in [-0.39, 0.29) is 6.54 Å². The Morgan fingerprint density at radius 1 is 1.20 bits per heavy atom. The molecule has 1 N–H and O–H groups in total. The van der Waals surface area contributed by atoms with Gasteiger partial charge in [0.1, 0.15) is 0 Å². The van der Waals surface area contributed by atoms with E-state index in [4.69, 9.17) is 5.11 Å². The zero-order valence-corrected chi connectivity index (χ0v) is 9.78. The minimum atomic E-state index is -0.717. The molecule has 1 rings (SSSR count). The van der Waals surface area contributed by atoms with Gasteiger partial charge < -0.3 is 10.0 Å². The number of piperazine rings is 1. The van der Waals surface area contributed by atoms with Crippen molar-refractivity contribution < 1.29 is 9.90 Å². The van der Waals surface area contributed by atoms with Crippen molar-refractivity contribution >= 4 is 5.97 Å². The zero-order chi connectivity index (χ0) is 11.3. The van der Waals surface area contributed by atoms with E-state index in [0.717, 1.165) is 38.6 Å². The van der Waals surface area contributed by atoms with Crippen LogP contribution in [0.2, 0.25) is 0 Å². The van der Waals surface area contributed by atoms with Crippen LogP contribution in [-0.2, 0) is 4.79 Å². The Labute approximate surface area is 91.9 Å². The van der Waals surface area contributed by atoms with Gasteiger partial charge in [-0.15, -0.1) is 0 Å². The summed E-state index contributed by atoms with van der Waals surface area (Å²) in [6.45, 7) is 9.63. The molecule has 0 amide bonds. The summed E-state index contributed by atoms with van der Waals surface area (Å²) in [6.07, 6.45) is 1.24. The molecular formula is C11H22N2O2. The minimum Gasteiger partial charge on any atom is -0.480 e. The van der Waals surface area contributed by atoms with Gasteiger partial charge in [-0.1, -0.05) is 13.8 Å². The van der Waals surface area contributed by atoms with Gasteiger partial charge in [0, 0.05) is 26.2 Å². The fourth-order valence-electron chi connectivity index (χ4n) is 1.80. The van der Waals surface area contributed by atoms with E-state index < -0.39 is 5.97 Å². The fourth-order valence-corrected chi connectivity index (χ4v) is 1.80. The van der Waals surface area contributed by atoms with Crippen LogP contribution in [0.15, 0.2) is 0 Å². The first-order valence-corrected chi connectivity index (χ1v) is 5.74. The first-order valence-electron chi connectivity index (χ1n) is 5.74. The average molecular weight is 214 g/mol. The summed E-state index contributed by atoms with van der Waals surface area (Å²) in [5.41, 5.74) is 0. The number of hydrogen-bond acceptors (Lipinski definition) is 3. The van der Waals surface area contributed by atoms with Crippen LogP contribution < -0.4 is 0 Å². The number of carboxylic acid groups (broad SMARTS) is 1. The van der Waals surface area contributed by atoms with Crippen LogP contribution in [0, 0.1) is 5.92 Å². The molecule has 88 valence electrons. The first-order chi connectivity index (χ1) is 7.08. The maximum atomic E-state index is 10.5. The SMILES string of the molecule is CC(C)CCN1CCN(CC(=O)O)CC1. The second kappa shape index (κ2) is 6.08. The van der Waals surface area contributed by atoms with Gasteiger partial charge in [0.05, 0.1) is 6.54 Å². The second-order valence-corrected chi connectivity index (χ2v) is 4.69. The third-order valence-corrected chi connectivity index (χ3v) is 2.85. The molecule has 4 nitrogen and oxygen atoms in total. The molecule has 1 fully saturated rings. The molecule has 0 unspecified atom stereocenters. The summed E-state index contributed by atoms with van der Waals surface area (Å²) >= 11 is 0. The molecule has 0 atom stereocenters. The van der Waals surface area contributed by atoms with Crippen molar-refractivity contribution in [3.63, 3.8) is 0 Å². The van der Waals surface area contributed by atoms with Crippen LogP contribution in [0.4, 0.5) is 0 Å². The maximum absolute atomic E-state index is 10.5. The quantitative estimate of drug-likeness (QED) is 0.733. The van der Waals surface area contributed by atoms with Gasteiger partial charge in [-0.05, 0) is 18.9 Å². The number of aliphatic carboxylic acids is 1. The van der Waals surface area contributed by atoms with Crippen molar-refractivity contribution in [2.75, 3.05) is 39.3 Å². The molecule has 0 aliphatic carbocycles. The molecule has 1 aliphatic rings. The number of carboxylic acids is 1. The monoisotopic (exact) mass is 214 g/mol. The Morgan fingerprint density at radius 2 is 1.73 bits per heavy atom. The van der Waals surface area contributed by atoms with Crippen molar-refractivity contribution in [1.82, 2.24) is 9.80 Å². The lowest BCUT2D eigenvalue weighted by atomic mass is 10.1. The lowest BCUT2D eigenvalue weighted by molar-refractivity contribution is -0.138. The van der Waals surface area contributed by atoms with E-state index in [0.29, 0.717) is 0 Å². The predicted octanol–water partition coefficient (Wildman–Crippen LogP) is 0.735. The van der Waals surface area contributed by atoms with Gasteiger partial charge in [-0.3, -0.25) is 9.69 Å². The van der Waals surface area contributed by atoms with Gasteiger partial charge in [0.15, 0.2) is 0 Å². The van der Waals surface area contributed by atoms with Crippen molar-refractivity contribution in [2.24, 2.45) is 5.92 Å². The van der Waals surface area contributed by atoms with Crippen molar-refractivity contribution in [1.29, 1.82) is 0 Å². The molecule has 1 saturated heterocycles. The van der Waals surface area contributed by atoms with Crippen LogP contribution in [0.1, 0.15) is 20.3 Å². The standard InChI is InChI=1S/C11H22N2O2/c1-10(2)3-4-12-5-7-13(8-6-12)9-11(14)15/h10H,3-9H2,1-2H3,(H,14,15). The summed E-state index contributed by atoms with van der Waals surface area (Å²) in [5, 5.41) is 8.65. The molecule has 0 aromatic carbocycles. The third kappa shape index (κ3) is 5.14. The Morgan fingerprint density at radius 3 is 2.20 bits per heavy atom. The number of rotatable bonds is 5. The number of carbonyl (C=O) groups is 1. The van der Waals surface area contributed by atoms with E-state index in [2.05, 4.69) is 18.7 Å². The topological polar surface area (TPSA) is 43.8 Å². The lowest BCUT2D eigenvalue weighted by Gasteiger charge is -2.34. The molecule has 1 heterocycles. The Balaban J connectivity index is 2.15. The first kappa shape index (κ1) is 12.5. The van der Waals surface area contributed by atoms with Crippen LogP contribution in [0.5, 0.6) is 0 Å². The summed E-state index contributed by atoms with van der Waals surface area (Å²) in [5.74, 6) is 0.0349. The summed E-state index contributed by atoms with van der Waals surface area (Å²) in [7, 11) is 0. The van der Waals surface area contributed by atoms with Crippen LogP contribution >= 0.6 is 0 Å². The molecule has 0 saturated carbocycles. The van der Waals surface area contributed by atoms with E-state index in [1.807, 2.05) is 4.90 Å². The highest BCUT2D eigenvalue weighted by Gasteiger charge is 2.18. The Kier molecular flexibility index (Phi) is 5.05. The minimum absolute atomic E-state index is 0.192. The Hall–Kier alpha value is -0.610. The molecule has 0 radical (unpaired) electrons. The zero-order valence-electron chi connectivity index (χ0n) is 9.78. The highest BCUT2D eigenvalue weighted by atomic mass is 16.4. The van der Waals surface area contributed by atoms with Crippen LogP contribution in [0.25, 0.3) is 0 Å².